The lowest BCUT2D eigenvalue weighted by Crippen LogP contribution is -2.27. The monoisotopic (exact) mass is 178 g/mol. The van der Waals surface area contributed by atoms with E-state index in [4.69, 9.17) is 11.0 Å². The number of carbonyl (C=O) groups is 1. The van der Waals surface area contributed by atoms with Crippen molar-refractivity contribution in [3.05, 3.63) is 24.3 Å². The first-order chi connectivity index (χ1) is 6.18. The summed E-state index contributed by atoms with van der Waals surface area (Å²) in [7, 11) is 0. The Hall–Kier alpha value is -1.76. The summed E-state index contributed by atoms with van der Waals surface area (Å²) in [6.45, 7) is 0.0136. The fourth-order valence-corrected chi connectivity index (χ4v) is 1.09. The molecule has 13 heavy (non-hydrogen) atoms. The number of nitrogens with two attached hydrogens (primary N) is 1. The molecule has 4 heteroatoms. The maximum absolute atomic E-state index is 10.3. The van der Waals surface area contributed by atoms with Gasteiger partial charge in [-0.05, 0) is 6.42 Å². The van der Waals surface area contributed by atoms with Gasteiger partial charge in [-0.2, -0.15) is 5.26 Å². The van der Waals surface area contributed by atoms with Gasteiger partial charge in [0.2, 0.25) is 0 Å². The molecule has 2 N–H and O–H groups in total. The lowest BCUT2D eigenvalue weighted by atomic mass is 9.84. The number of hydrogen-bond donors (Lipinski definition) is 1. The maximum atomic E-state index is 10.3. The molecular weight excluding hydrogens is 168 g/mol. The molecule has 1 aliphatic carbocycles. The second kappa shape index (κ2) is 3.76. The van der Waals surface area contributed by atoms with Crippen LogP contribution in [0.4, 0.5) is 4.79 Å². The highest BCUT2D eigenvalue weighted by Gasteiger charge is 2.28. The van der Waals surface area contributed by atoms with Crippen molar-refractivity contribution in [2.75, 3.05) is 6.61 Å². The lowest BCUT2D eigenvalue weighted by Gasteiger charge is -2.21. The molecule has 1 rings (SSSR count). The summed E-state index contributed by atoms with van der Waals surface area (Å²) in [5, 5.41) is 8.89. The van der Waals surface area contributed by atoms with Gasteiger partial charge in [-0.1, -0.05) is 24.3 Å². The van der Waals surface area contributed by atoms with Gasteiger partial charge in [0.05, 0.1) is 6.07 Å². The van der Waals surface area contributed by atoms with Crippen LogP contribution in [-0.4, -0.2) is 12.7 Å². The molecule has 1 atom stereocenters. The molecule has 0 aromatic heterocycles. The Morgan fingerprint density at radius 2 is 2.46 bits per heavy atom. The zero-order valence-corrected chi connectivity index (χ0v) is 7.06. The Kier molecular flexibility index (Phi) is 2.70. The summed E-state index contributed by atoms with van der Waals surface area (Å²) in [5.41, 5.74) is 4.08. The predicted molar refractivity (Wildman–Crippen MR) is 46.5 cm³/mol. The standard InChI is InChI=1S/C9H10N2O2/c10-6-9(7-13-8(11)12)4-2-1-3-5-9/h1-4H,5,7H2,(H2,11,12). The number of hydrogen-bond acceptors (Lipinski definition) is 3. The van der Waals surface area contributed by atoms with Crippen LogP contribution in [0, 0.1) is 16.7 Å². The van der Waals surface area contributed by atoms with Crippen molar-refractivity contribution >= 4 is 6.09 Å². The molecule has 0 aromatic carbocycles. The fourth-order valence-electron chi connectivity index (χ4n) is 1.09. The zero-order valence-electron chi connectivity index (χ0n) is 7.06. The van der Waals surface area contributed by atoms with E-state index < -0.39 is 11.5 Å². The van der Waals surface area contributed by atoms with Crippen molar-refractivity contribution in [1.82, 2.24) is 0 Å². The summed E-state index contributed by atoms with van der Waals surface area (Å²) in [4.78, 5) is 10.3. The second-order valence-electron chi connectivity index (χ2n) is 2.87. The van der Waals surface area contributed by atoms with E-state index in [1.807, 2.05) is 12.2 Å². The molecule has 1 amide bonds. The molecule has 0 fully saturated rings. The molecular formula is C9H10N2O2. The molecule has 68 valence electrons. The van der Waals surface area contributed by atoms with Gasteiger partial charge in [-0.15, -0.1) is 0 Å². The molecule has 0 radical (unpaired) electrons. The average Bonchev–Trinajstić information content (AvgIpc) is 2.16. The molecule has 0 aliphatic heterocycles. The predicted octanol–water partition coefficient (Wildman–Crippen LogP) is 1.11. The first-order valence-corrected chi connectivity index (χ1v) is 3.86. The highest BCUT2D eigenvalue weighted by Crippen LogP contribution is 2.27. The molecule has 1 aliphatic rings. The summed E-state index contributed by atoms with van der Waals surface area (Å²) >= 11 is 0. The number of primary amides is 1. The number of carbonyl (C=O) groups excluding carboxylic acids is 1. The number of nitriles is 1. The van der Waals surface area contributed by atoms with Crippen molar-refractivity contribution < 1.29 is 9.53 Å². The zero-order chi connectivity index (χ0) is 9.73. The van der Waals surface area contributed by atoms with Crippen LogP contribution in [0.2, 0.25) is 0 Å². The van der Waals surface area contributed by atoms with Crippen LogP contribution in [0.1, 0.15) is 6.42 Å². The van der Waals surface area contributed by atoms with Gasteiger partial charge in [0, 0.05) is 0 Å². The van der Waals surface area contributed by atoms with E-state index in [0.717, 1.165) is 0 Å². The first-order valence-electron chi connectivity index (χ1n) is 3.86. The minimum absolute atomic E-state index is 0.0136. The van der Waals surface area contributed by atoms with Crippen molar-refractivity contribution in [1.29, 1.82) is 5.26 Å². The van der Waals surface area contributed by atoms with Crippen molar-refractivity contribution in [3.8, 4) is 6.07 Å². The van der Waals surface area contributed by atoms with Gasteiger partial charge in [0.25, 0.3) is 0 Å². The maximum Gasteiger partial charge on any atom is 0.404 e. The highest BCUT2D eigenvalue weighted by molar-refractivity contribution is 5.64. The quantitative estimate of drug-likeness (QED) is 0.688. The van der Waals surface area contributed by atoms with Gasteiger partial charge in [0.1, 0.15) is 12.0 Å². The molecule has 4 nitrogen and oxygen atoms in total. The molecule has 0 heterocycles. The van der Waals surface area contributed by atoms with E-state index in [9.17, 15) is 4.79 Å². The van der Waals surface area contributed by atoms with Gasteiger partial charge >= 0.3 is 6.09 Å². The lowest BCUT2D eigenvalue weighted by molar-refractivity contribution is 0.130. The number of rotatable bonds is 2. The molecule has 0 aromatic rings. The van der Waals surface area contributed by atoms with E-state index in [-0.39, 0.29) is 6.61 Å². The largest absolute Gasteiger partial charge is 0.448 e. The van der Waals surface area contributed by atoms with Crippen molar-refractivity contribution in [2.45, 2.75) is 6.42 Å². The average molecular weight is 178 g/mol. The summed E-state index contributed by atoms with van der Waals surface area (Å²) in [6, 6.07) is 2.10. The normalized spacial score (nSPS) is 25.2. The van der Waals surface area contributed by atoms with Crippen LogP contribution in [0.3, 0.4) is 0 Å². The first kappa shape index (κ1) is 9.33. The van der Waals surface area contributed by atoms with E-state index in [1.54, 1.807) is 12.2 Å². The van der Waals surface area contributed by atoms with Crippen LogP contribution < -0.4 is 5.73 Å². The smallest absolute Gasteiger partial charge is 0.404 e. The minimum Gasteiger partial charge on any atom is -0.448 e. The fraction of sp³-hybridized carbons (Fsp3) is 0.333. The van der Waals surface area contributed by atoms with Crippen LogP contribution in [-0.2, 0) is 4.74 Å². The molecule has 0 saturated carbocycles. The molecule has 1 unspecified atom stereocenters. The van der Waals surface area contributed by atoms with E-state index in [2.05, 4.69) is 10.8 Å². The van der Waals surface area contributed by atoms with Crippen LogP contribution in [0.15, 0.2) is 24.3 Å². The highest BCUT2D eigenvalue weighted by atomic mass is 16.5. The molecule has 0 spiro atoms. The molecule has 0 bridgehead atoms. The minimum atomic E-state index is -0.849. The second-order valence-corrected chi connectivity index (χ2v) is 2.87. The Morgan fingerprint density at radius 3 is 2.92 bits per heavy atom. The van der Waals surface area contributed by atoms with Crippen LogP contribution in [0.25, 0.3) is 0 Å². The van der Waals surface area contributed by atoms with E-state index >= 15 is 0 Å². The van der Waals surface area contributed by atoms with E-state index in [0.29, 0.717) is 6.42 Å². The van der Waals surface area contributed by atoms with Gasteiger partial charge in [0.15, 0.2) is 0 Å². The Balaban J connectivity index is 2.62. The van der Waals surface area contributed by atoms with Gasteiger partial charge in [-0.25, -0.2) is 4.79 Å². The molecule has 0 saturated heterocycles. The summed E-state index contributed by atoms with van der Waals surface area (Å²) in [5.74, 6) is 0. The number of amides is 1. The summed E-state index contributed by atoms with van der Waals surface area (Å²) < 4.78 is 4.61. The van der Waals surface area contributed by atoms with E-state index in [1.165, 1.54) is 0 Å². The van der Waals surface area contributed by atoms with Crippen molar-refractivity contribution in [2.24, 2.45) is 11.1 Å². The third-order valence-corrected chi connectivity index (χ3v) is 1.84. The van der Waals surface area contributed by atoms with Gasteiger partial charge in [-0.3, -0.25) is 0 Å². The Morgan fingerprint density at radius 1 is 1.69 bits per heavy atom. The third-order valence-electron chi connectivity index (χ3n) is 1.84. The Labute approximate surface area is 76.3 Å². The number of allylic oxidation sites excluding steroid dienone is 3. The third kappa shape index (κ3) is 2.34. The SMILES string of the molecule is N#CC1(COC(N)=O)C=CC=CC1. The van der Waals surface area contributed by atoms with Crippen molar-refractivity contribution in [3.63, 3.8) is 0 Å². The Bertz CT molecular complexity index is 301. The van der Waals surface area contributed by atoms with Gasteiger partial charge < -0.3 is 10.5 Å². The number of ether oxygens (including phenoxy) is 1. The van der Waals surface area contributed by atoms with Crippen LogP contribution >= 0.6 is 0 Å². The van der Waals surface area contributed by atoms with Crippen LogP contribution in [0.5, 0.6) is 0 Å². The summed E-state index contributed by atoms with van der Waals surface area (Å²) in [6.07, 6.45) is 6.88. The topological polar surface area (TPSA) is 76.1 Å². The number of nitrogens with zero attached hydrogens (tertiary/aromatic N) is 1.